The summed E-state index contributed by atoms with van der Waals surface area (Å²) < 4.78 is 37.7. The maximum absolute atomic E-state index is 13.5. The molecular weight excluding hydrogens is 514 g/mol. The average Bonchev–Trinajstić information content (AvgIpc) is 3.25. The van der Waals surface area contributed by atoms with E-state index in [0.29, 0.717) is 36.1 Å². The van der Waals surface area contributed by atoms with Crippen molar-refractivity contribution < 1.29 is 27.8 Å². The van der Waals surface area contributed by atoms with E-state index in [-0.39, 0.29) is 34.5 Å². The zero-order valence-corrected chi connectivity index (χ0v) is 21.3. The van der Waals surface area contributed by atoms with Crippen LogP contribution in [0.1, 0.15) is 47.3 Å². The summed E-state index contributed by atoms with van der Waals surface area (Å²) in [6, 6.07) is 6.92. The number of nitrogens with zero attached hydrogens (tertiary/aromatic N) is 3. The first-order chi connectivity index (χ1) is 17.0. The van der Waals surface area contributed by atoms with Crippen LogP contribution in [0.5, 0.6) is 5.75 Å². The third kappa shape index (κ3) is 6.27. The van der Waals surface area contributed by atoms with E-state index in [1.54, 1.807) is 17.0 Å². The molecular formula is C24H23ClF2N4O4S. The van der Waals surface area contributed by atoms with E-state index in [9.17, 15) is 18.4 Å². The van der Waals surface area contributed by atoms with Crippen molar-refractivity contribution >= 4 is 40.1 Å². The molecule has 2 aromatic carbocycles. The second-order valence-corrected chi connectivity index (χ2v) is 10.5. The molecule has 0 bridgehead atoms. The number of ether oxygens (including phenoxy) is 2. The van der Waals surface area contributed by atoms with Gasteiger partial charge in [0.15, 0.2) is 5.01 Å². The molecule has 0 atom stereocenters. The highest BCUT2D eigenvalue weighted by atomic mass is 35.5. The molecule has 0 unspecified atom stereocenters. The van der Waals surface area contributed by atoms with Crippen molar-refractivity contribution in [3.05, 3.63) is 68.7 Å². The maximum Gasteiger partial charge on any atom is 0.410 e. The largest absolute Gasteiger partial charge is 0.485 e. The van der Waals surface area contributed by atoms with Crippen LogP contribution >= 0.6 is 22.9 Å². The Morgan fingerprint density at radius 3 is 2.69 bits per heavy atom. The Hall–Kier alpha value is -3.31. The molecule has 36 heavy (non-hydrogen) atoms. The van der Waals surface area contributed by atoms with Crippen LogP contribution in [-0.2, 0) is 24.3 Å². The van der Waals surface area contributed by atoms with E-state index >= 15 is 0 Å². The molecule has 0 radical (unpaired) electrons. The first-order valence-corrected chi connectivity index (χ1v) is 12.2. The molecule has 1 aromatic heterocycles. The minimum absolute atomic E-state index is 0.136. The second-order valence-electron chi connectivity index (χ2n) is 9.08. The van der Waals surface area contributed by atoms with Crippen molar-refractivity contribution in [3.8, 4) is 5.75 Å². The Kier molecular flexibility index (Phi) is 7.41. The number of carbonyl (C=O) groups is 2. The zero-order valence-electron chi connectivity index (χ0n) is 19.7. The number of carbonyl (C=O) groups excluding carboxylic acids is 2. The molecule has 2 amide bonds. The highest BCUT2D eigenvalue weighted by Gasteiger charge is 2.26. The summed E-state index contributed by atoms with van der Waals surface area (Å²) >= 11 is 6.85. The standard InChI is InChI=1S/C24H23ClF2N4O4S/c1-24(2,3)35-23(33)31-7-6-13-8-14(4-5-15(13)11-31)21(32)28-22-30-29-19(36-22)12-34-18-10-16(26)9-17(27)20(18)25/h4-5,8-10H,6-7,11-12H2,1-3H3,(H,28,30,32). The highest BCUT2D eigenvalue weighted by Crippen LogP contribution is 2.30. The fourth-order valence-electron chi connectivity index (χ4n) is 3.49. The normalized spacial score (nSPS) is 13.2. The van der Waals surface area contributed by atoms with Gasteiger partial charge in [0.05, 0.1) is 0 Å². The first-order valence-electron chi connectivity index (χ1n) is 11.0. The summed E-state index contributed by atoms with van der Waals surface area (Å²) in [4.78, 5) is 26.7. The quantitative estimate of drug-likeness (QED) is 0.427. The second kappa shape index (κ2) is 10.4. The van der Waals surface area contributed by atoms with Gasteiger partial charge in [-0.15, -0.1) is 10.2 Å². The van der Waals surface area contributed by atoms with E-state index in [4.69, 9.17) is 21.1 Å². The lowest BCUT2D eigenvalue weighted by Gasteiger charge is -2.31. The van der Waals surface area contributed by atoms with Crippen LogP contribution in [0.3, 0.4) is 0 Å². The lowest BCUT2D eigenvalue weighted by molar-refractivity contribution is 0.0223. The number of halogens is 3. The molecule has 12 heteroatoms. The number of hydrogen-bond acceptors (Lipinski definition) is 7. The molecule has 1 aliphatic heterocycles. The molecule has 3 aromatic rings. The SMILES string of the molecule is CC(C)(C)OC(=O)N1CCc2cc(C(=O)Nc3nnc(COc4cc(F)cc(F)c4Cl)s3)ccc2C1. The number of rotatable bonds is 5. The van der Waals surface area contributed by atoms with Gasteiger partial charge >= 0.3 is 6.09 Å². The van der Waals surface area contributed by atoms with E-state index in [1.165, 1.54) is 0 Å². The van der Waals surface area contributed by atoms with Gasteiger partial charge in [0.1, 0.15) is 34.6 Å². The molecule has 8 nitrogen and oxygen atoms in total. The number of fused-ring (bicyclic) bond motifs is 1. The van der Waals surface area contributed by atoms with Crippen LogP contribution in [0.15, 0.2) is 30.3 Å². The predicted octanol–water partition coefficient (Wildman–Crippen LogP) is 5.59. The van der Waals surface area contributed by atoms with Gasteiger partial charge in [-0.05, 0) is 50.5 Å². The Labute approximate surface area is 215 Å². The summed E-state index contributed by atoms with van der Waals surface area (Å²) in [6.07, 6.45) is 0.231. The fraction of sp³-hybridized carbons (Fsp3) is 0.333. The van der Waals surface area contributed by atoms with Crippen LogP contribution in [0.4, 0.5) is 18.7 Å². The van der Waals surface area contributed by atoms with Crippen molar-refractivity contribution in [1.82, 2.24) is 15.1 Å². The van der Waals surface area contributed by atoms with Crippen molar-refractivity contribution in [2.75, 3.05) is 11.9 Å². The van der Waals surface area contributed by atoms with Crippen molar-refractivity contribution in [1.29, 1.82) is 0 Å². The highest BCUT2D eigenvalue weighted by molar-refractivity contribution is 7.15. The van der Waals surface area contributed by atoms with E-state index < -0.39 is 17.2 Å². The van der Waals surface area contributed by atoms with E-state index in [1.807, 2.05) is 26.8 Å². The summed E-state index contributed by atoms with van der Waals surface area (Å²) in [5.41, 5.74) is 1.80. The van der Waals surface area contributed by atoms with Gasteiger partial charge in [-0.1, -0.05) is 29.0 Å². The number of nitrogens with one attached hydrogen (secondary N) is 1. The first kappa shape index (κ1) is 25.8. The monoisotopic (exact) mass is 536 g/mol. The van der Waals surface area contributed by atoms with Crippen LogP contribution in [0, 0.1) is 11.6 Å². The minimum Gasteiger partial charge on any atom is -0.485 e. The molecule has 0 spiro atoms. The third-order valence-electron chi connectivity index (χ3n) is 5.13. The minimum atomic E-state index is -0.931. The summed E-state index contributed by atoms with van der Waals surface area (Å²) in [7, 11) is 0. The molecule has 1 aliphatic rings. The lowest BCUT2D eigenvalue weighted by Crippen LogP contribution is -2.39. The topological polar surface area (TPSA) is 93.7 Å². The Bertz CT molecular complexity index is 1310. The van der Waals surface area contributed by atoms with Gasteiger partial charge in [-0.3, -0.25) is 10.1 Å². The molecule has 1 N–H and O–H groups in total. The summed E-state index contributed by atoms with van der Waals surface area (Å²) in [5.74, 6) is -2.28. The third-order valence-corrected chi connectivity index (χ3v) is 6.31. The lowest BCUT2D eigenvalue weighted by atomic mass is 9.97. The Morgan fingerprint density at radius 2 is 1.94 bits per heavy atom. The molecule has 2 heterocycles. The Balaban J connectivity index is 1.36. The van der Waals surface area contributed by atoms with Crippen molar-refractivity contribution in [2.24, 2.45) is 0 Å². The van der Waals surface area contributed by atoms with Gasteiger partial charge < -0.3 is 14.4 Å². The van der Waals surface area contributed by atoms with Gasteiger partial charge in [0.25, 0.3) is 5.91 Å². The van der Waals surface area contributed by atoms with Gasteiger partial charge in [0, 0.05) is 30.8 Å². The van der Waals surface area contributed by atoms with Crippen LogP contribution in [0.25, 0.3) is 0 Å². The number of anilines is 1. The van der Waals surface area contributed by atoms with Crippen molar-refractivity contribution in [2.45, 2.75) is 45.9 Å². The molecule has 0 saturated carbocycles. The predicted molar refractivity (Wildman–Crippen MR) is 130 cm³/mol. The van der Waals surface area contributed by atoms with Gasteiger partial charge in [0.2, 0.25) is 5.13 Å². The Morgan fingerprint density at radius 1 is 1.17 bits per heavy atom. The maximum atomic E-state index is 13.5. The van der Waals surface area contributed by atoms with E-state index in [2.05, 4.69) is 15.5 Å². The fourth-order valence-corrected chi connectivity index (χ4v) is 4.30. The molecule has 4 rings (SSSR count). The van der Waals surface area contributed by atoms with Crippen LogP contribution < -0.4 is 10.1 Å². The van der Waals surface area contributed by atoms with E-state index in [0.717, 1.165) is 28.5 Å². The number of hydrogen-bond donors (Lipinski definition) is 1. The summed E-state index contributed by atoms with van der Waals surface area (Å²) in [6.45, 7) is 6.23. The summed E-state index contributed by atoms with van der Waals surface area (Å²) in [5, 5.41) is 10.8. The molecule has 0 saturated heterocycles. The zero-order chi connectivity index (χ0) is 26.0. The molecule has 0 fully saturated rings. The smallest absolute Gasteiger partial charge is 0.410 e. The molecule has 0 aliphatic carbocycles. The average molecular weight is 537 g/mol. The van der Waals surface area contributed by atoms with Crippen molar-refractivity contribution in [3.63, 3.8) is 0 Å². The van der Waals surface area contributed by atoms with Gasteiger partial charge in [-0.25, -0.2) is 13.6 Å². The molecule has 190 valence electrons. The number of amides is 2. The number of aromatic nitrogens is 2. The van der Waals surface area contributed by atoms with Crippen LogP contribution in [0.2, 0.25) is 5.02 Å². The number of benzene rings is 2. The van der Waals surface area contributed by atoms with Crippen LogP contribution in [-0.4, -0.2) is 39.2 Å². The van der Waals surface area contributed by atoms with Gasteiger partial charge in [-0.2, -0.15) is 0 Å².